The lowest BCUT2D eigenvalue weighted by Gasteiger charge is -2.25. The fourth-order valence-corrected chi connectivity index (χ4v) is 2.00. The van der Waals surface area contributed by atoms with Crippen LogP contribution in [0.1, 0.15) is 19.3 Å². The molecule has 0 spiro atoms. The highest BCUT2D eigenvalue weighted by Gasteiger charge is 2.17. The number of aromatic amines is 1. The number of nitrogens with zero attached hydrogens (tertiary/aromatic N) is 1. The molecule has 1 aliphatic rings. The van der Waals surface area contributed by atoms with Gasteiger partial charge in [-0.3, -0.25) is 0 Å². The van der Waals surface area contributed by atoms with Gasteiger partial charge in [0.15, 0.2) is 0 Å². The predicted octanol–water partition coefficient (Wildman–Crippen LogP) is 2.91. The van der Waals surface area contributed by atoms with E-state index in [1.807, 2.05) is 0 Å². The Hall–Kier alpha value is -1.58. The summed E-state index contributed by atoms with van der Waals surface area (Å²) in [5.41, 5.74) is 1.55. The molecular weight excluding hydrogens is 205 g/mol. The minimum atomic E-state index is -0.235. The Morgan fingerprint density at radius 1 is 1.44 bits per heavy atom. The van der Waals surface area contributed by atoms with Gasteiger partial charge in [0.05, 0.1) is 11.0 Å². The van der Waals surface area contributed by atoms with Crippen molar-refractivity contribution in [3.8, 4) is 0 Å². The summed E-state index contributed by atoms with van der Waals surface area (Å²) in [6.07, 6.45) is 3.96. The smallest absolute Gasteiger partial charge is 0.201 e. The Balaban J connectivity index is 1.76. The molecule has 2 N–H and O–H groups in total. The van der Waals surface area contributed by atoms with Crippen molar-refractivity contribution in [3.05, 3.63) is 24.0 Å². The van der Waals surface area contributed by atoms with E-state index >= 15 is 0 Å². The third-order valence-corrected chi connectivity index (χ3v) is 3.23. The zero-order valence-corrected chi connectivity index (χ0v) is 8.96. The minimum absolute atomic E-state index is 0.235. The number of nitrogens with one attached hydrogen (secondary N) is 2. The average molecular weight is 219 g/mol. The lowest BCUT2D eigenvalue weighted by atomic mass is 9.85. The largest absolute Gasteiger partial charge is 0.356 e. The van der Waals surface area contributed by atoms with Crippen molar-refractivity contribution < 1.29 is 4.39 Å². The van der Waals surface area contributed by atoms with Gasteiger partial charge in [-0.1, -0.05) is 6.42 Å². The standard InChI is InChI=1S/C12H14FN3/c13-9-4-5-10-11(6-9)16-12(15-10)14-7-8-2-1-3-8/h4-6,8H,1-3,7H2,(H2,14,15,16). The molecule has 0 radical (unpaired) electrons. The highest BCUT2D eigenvalue weighted by Crippen LogP contribution is 2.26. The van der Waals surface area contributed by atoms with Gasteiger partial charge < -0.3 is 10.3 Å². The van der Waals surface area contributed by atoms with Crippen molar-refractivity contribution in [1.29, 1.82) is 0 Å². The van der Waals surface area contributed by atoms with Crippen LogP contribution in [0.5, 0.6) is 0 Å². The van der Waals surface area contributed by atoms with E-state index in [2.05, 4.69) is 15.3 Å². The number of aromatic nitrogens is 2. The summed E-state index contributed by atoms with van der Waals surface area (Å²) < 4.78 is 13.0. The number of hydrogen-bond donors (Lipinski definition) is 2. The predicted molar refractivity (Wildman–Crippen MR) is 61.9 cm³/mol. The van der Waals surface area contributed by atoms with Crippen molar-refractivity contribution in [2.45, 2.75) is 19.3 Å². The van der Waals surface area contributed by atoms with E-state index in [9.17, 15) is 4.39 Å². The van der Waals surface area contributed by atoms with E-state index in [1.54, 1.807) is 6.07 Å². The molecule has 1 aliphatic carbocycles. The molecule has 1 heterocycles. The third kappa shape index (κ3) is 1.75. The molecule has 1 aromatic carbocycles. The molecule has 0 aliphatic heterocycles. The van der Waals surface area contributed by atoms with E-state index in [4.69, 9.17) is 0 Å². The zero-order chi connectivity index (χ0) is 11.0. The molecule has 2 aromatic rings. The van der Waals surface area contributed by atoms with Crippen LogP contribution in [0.15, 0.2) is 18.2 Å². The quantitative estimate of drug-likeness (QED) is 0.833. The van der Waals surface area contributed by atoms with Crippen molar-refractivity contribution in [2.24, 2.45) is 5.92 Å². The number of imidazole rings is 1. The third-order valence-electron chi connectivity index (χ3n) is 3.23. The number of benzene rings is 1. The summed E-state index contributed by atoms with van der Waals surface area (Å²) in [5.74, 6) is 1.29. The van der Waals surface area contributed by atoms with Gasteiger partial charge in [0.1, 0.15) is 5.82 Å². The van der Waals surface area contributed by atoms with Gasteiger partial charge in [0, 0.05) is 6.54 Å². The van der Waals surface area contributed by atoms with Gasteiger partial charge in [-0.25, -0.2) is 9.37 Å². The second-order valence-electron chi connectivity index (χ2n) is 4.42. The zero-order valence-electron chi connectivity index (χ0n) is 8.96. The average Bonchev–Trinajstić information content (AvgIpc) is 2.57. The summed E-state index contributed by atoms with van der Waals surface area (Å²) in [4.78, 5) is 7.43. The summed E-state index contributed by atoms with van der Waals surface area (Å²) in [6.45, 7) is 0.961. The van der Waals surface area contributed by atoms with Gasteiger partial charge in [0.2, 0.25) is 5.95 Å². The molecule has 3 rings (SSSR count). The monoisotopic (exact) mass is 219 g/mol. The number of hydrogen-bond acceptors (Lipinski definition) is 2. The summed E-state index contributed by atoms with van der Waals surface area (Å²) in [7, 11) is 0. The lowest BCUT2D eigenvalue weighted by Crippen LogP contribution is -2.21. The van der Waals surface area contributed by atoms with Gasteiger partial charge in [-0.05, 0) is 37.0 Å². The molecule has 0 bridgehead atoms. The molecule has 0 unspecified atom stereocenters. The fourth-order valence-electron chi connectivity index (χ4n) is 2.00. The van der Waals surface area contributed by atoms with Crippen LogP contribution in [0, 0.1) is 11.7 Å². The van der Waals surface area contributed by atoms with Crippen LogP contribution in [-0.2, 0) is 0 Å². The van der Waals surface area contributed by atoms with Gasteiger partial charge in [0.25, 0.3) is 0 Å². The fraction of sp³-hybridized carbons (Fsp3) is 0.417. The number of H-pyrrole nitrogens is 1. The van der Waals surface area contributed by atoms with Gasteiger partial charge in [-0.15, -0.1) is 0 Å². The second-order valence-corrected chi connectivity index (χ2v) is 4.42. The van der Waals surface area contributed by atoms with Crippen molar-refractivity contribution in [2.75, 3.05) is 11.9 Å². The Kier molecular flexibility index (Phi) is 2.27. The molecular formula is C12H14FN3. The Morgan fingerprint density at radius 3 is 3.06 bits per heavy atom. The number of halogens is 1. The van der Waals surface area contributed by atoms with Crippen LogP contribution in [0.4, 0.5) is 10.3 Å². The molecule has 1 aromatic heterocycles. The Bertz CT molecular complexity index is 502. The van der Waals surface area contributed by atoms with E-state index < -0.39 is 0 Å². The molecule has 16 heavy (non-hydrogen) atoms. The molecule has 0 saturated heterocycles. The van der Waals surface area contributed by atoms with Crippen LogP contribution < -0.4 is 5.32 Å². The molecule has 3 nitrogen and oxygen atoms in total. The molecule has 1 saturated carbocycles. The number of anilines is 1. The first-order chi connectivity index (χ1) is 7.81. The van der Waals surface area contributed by atoms with E-state index in [0.29, 0.717) is 0 Å². The number of rotatable bonds is 3. The maximum absolute atomic E-state index is 13.0. The maximum atomic E-state index is 13.0. The van der Waals surface area contributed by atoms with E-state index in [1.165, 1.54) is 31.4 Å². The molecule has 4 heteroatoms. The van der Waals surface area contributed by atoms with Gasteiger partial charge >= 0.3 is 0 Å². The lowest BCUT2D eigenvalue weighted by molar-refractivity contribution is 0.333. The molecule has 0 atom stereocenters. The van der Waals surface area contributed by atoms with Crippen molar-refractivity contribution in [1.82, 2.24) is 9.97 Å². The highest BCUT2D eigenvalue weighted by atomic mass is 19.1. The molecule has 84 valence electrons. The number of fused-ring (bicyclic) bond motifs is 1. The normalized spacial score (nSPS) is 16.3. The van der Waals surface area contributed by atoms with E-state index in [0.717, 1.165) is 29.4 Å². The van der Waals surface area contributed by atoms with Crippen molar-refractivity contribution >= 4 is 17.0 Å². The first-order valence-electron chi connectivity index (χ1n) is 5.70. The topological polar surface area (TPSA) is 40.7 Å². The first kappa shape index (κ1) is 9.63. The molecule has 1 fully saturated rings. The SMILES string of the molecule is Fc1ccc2nc(NCC3CCC3)[nH]c2c1. The highest BCUT2D eigenvalue weighted by molar-refractivity contribution is 5.77. The maximum Gasteiger partial charge on any atom is 0.201 e. The van der Waals surface area contributed by atoms with Gasteiger partial charge in [-0.2, -0.15) is 0 Å². The molecule has 0 amide bonds. The van der Waals surface area contributed by atoms with Crippen LogP contribution in [0.3, 0.4) is 0 Å². The summed E-state index contributed by atoms with van der Waals surface area (Å²) in [6, 6.07) is 4.59. The van der Waals surface area contributed by atoms with Crippen LogP contribution in [0.25, 0.3) is 11.0 Å². The van der Waals surface area contributed by atoms with E-state index in [-0.39, 0.29) is 5.82 Å². The van der Waals surface area contributed by atoms with Crippen LogP contribution >= 0.6 is 0 Å². The second kappa shape index (κ2) is 3.77. The first-order valence-corrected chi connectivity index (χ1v) is 5.70. The summed E-state index contributed by atoms with van der Waals surface area (Å²) >= 11 is 0. The summed E-state index contributed by atoms with van der Waals surface area (Å²) in [5, 5.41) is 3.27. The Morgan fingerprint density at radius 2 is 2.31 bits per heavy atom. The van der Waals surface area contributed by atoms with Crippen LogP contribution in [0.2, 0.25) is 0 Å². The van der Waals surface area contributed by atoms with Crippen LogP contribution in [-0.4, -0.2) is 16.5 Å². The van der Waals surface area contributed by atoms with Crippen molar-refractivity contribution in [3.63, 3.8) is 0 Å². The minimum Gasteiger partial charge on any atom is -0.356 e. The Labute approximate surface area is 93.1 Å².